The molecule has 0 spiro atoms. The molecule has 0 amide bonds. The van der Waals surface area contributed by atoms with Crippen LogP contribution in [0.1, 0.15) is 29.6 Å². The summed E-state index contributed by atoms with van der Waals surface area (Å²) in [5.74, 6) is 1.64. The van der Waals surface area contributed by atoms with E-state index in [1.54, 1.807) is 19.6 Å². The Labute approximate surface area is 134 Å². The molecule has 1 aliphatic rings. The maximum absolute atomic E-state index is 5.25. The summed E-state index contributed by atoms with van der Waals surface area (Å²) in [6.07, 6.45) is 6.16. The summed E-state index contributed by atoms with van der Waals surface area (Å²) in [5.41, 5.74) is 2.34. The number of hydrogen-bond donors (Lipinski definition) is 1. The van der Waals surface area contributed by atoms with E-state index < -0.39 is 0 Å². The number of fused-ring (bicyclic) bond motifs is 1. The zero-order chi connectivity index (χ0) is 15.6. The van der Waals surface area contributed by atoms with Crippen molar-refractivity contribution in [3.05, 3.63) is 66.2 Å². The van der Waals surface area contributed by atoms with Crippen molar-refractivity contribution in [3.8, 4) is 5.75 Å². The molecule has 2 atom stereocenters. The van der Waals surface area contributed by atoms with Gasteiger partial charge in [-0.1, -0.05) is 18.2 Å². The highest BCUT2D eigenvalue weighted by atomic mass is 16.5. The number of nitrogens with zero attached hydrogens (tertiary/aromatic N) is 4. The van der Waals surface area contributed by atoms with Gasteiger partial charge >= 0.3 is 0 Å². The van der Waals surface area contributed by atoms with Gasteiger partial charge in [-0.25, -0.2) is 4.68 Å². The molecular weight excluding hydrogens is 290 g/mol. The lowest BCUT2D eigenvalue weighted by atomic mass is 9.94. The Morgan fingerprint density at radius 2 is 2.04 bits per heavy atom. The van der Waals surface area contributed by atoms with Crippen molar-refractivity contribution in [2.45, 2.75) is 18.5 Å². The lowest BCUT2D eigenvalue weighted by Crippen LogP contribution is -2.28. The molecule has 4 rings (SSSR count). The molecule has 2 aromatic heterocycles. The summed E-state index contributed by atoms with van der Waals surface area (Å²) in [6, 6.07) is 12.5. The topological polar surface area (TPSA) is 64.9 Å². The first-order valence-corrected chi connectivity index (χ1v) is 7.55. The number of nitrogens with one attached hydrogen (secondary N) is 1. The third-order valence-corrected chi connectivity index (χ3v) is 4.22. The molecule has 23 heavy (non-hydrogen) atoms. The number of hydrogen-bond acceptors (Lipinski definition) is 5. The standard InChI is InChI=1S/C17H17N5O/c1-23-14-6-4-12(5-7-14)16-9-15(13-3-2-8-18-10-13)21-17-19-11-20-22(16)17/h2-8,10-11,15-16H,9H2,1H3,(H,19,20,21)/t15-,16+/m1/s1. The predicted octanol–water partition coefficient (Wildman–Crippen LogP) is 2.83. The average Bonchev–Trinajstić information content (AvgIpc) is 3.10. The van der Waals surface area contributed by atoms with E-state index in [-0.39, 0.29) is 12.1 Å². The van der Waals surface area contributed by atoms with Crippen LogP contribution in [0.3, 0.4) is 0 Å². The Morgan fingerprint density at radius 3 is 2.78 bits per heavy atom. The van der Waals surface area contributed by atoms with Gasteiger partial charge in [-0.15, -0.1) is 0 Å². The van der Waals surface area contributed by atoms with Crippen LogP contribution in [0.15, 0.2) is 55.1 Å². The van der Waals surface area contributed by atoms with Crippen molar-refractivity contribution in [3.63, 3.8) is 0 Å². The van der Waals surface area contributed by atoms with Gasteiger partial charge in [0.15, 0.2) is 0 Å². The van der Waals surface area contributed by atoms with Gasteiger partial charge in [0.05, 0.1) is 19.2 Å². The minimum absolute atomic E-state index is 0.130. The fraction of sp³-hybridized carbons (Fsp3) is 0.235. The van der Waals surface area contributed by atoms with E-state index in [0.29, 0.717) is 0 Å². The average molecular weight is 307 g/mol. The first kappa shape index (κ1) is 13.8. The number of methoxy groups -OCH3 is 1. The van der Waals surface area contributed by atoms with Crippen LogP contribution in [0.25, 0.3) is 0 Å². The maximum Gasteiger partial charge on any atom is 0.222 e. The highest BCUT2D eigenvalue weighted by Crippen LogP contribution is 2.37. The summed E-state index contributed by atoms with van der Waals surface area (Å²) in [6.45, 7) is 0. The minimum atomic E-state index is 0.130. The van der Waals surface area contributed by atoms with E-state index >= 15 is 0 Å². The normalized spacial score (nSPS) is 19.7. The van der Waals surface area contributed by atoms with E-state index in [0.717, 1.165) is 23.7 Å². The van der Waals surface area contributed by atoms with E-state index in [2.05, 4.69) is 38.6 Å². The van der Waals surface area contributed by atoms with E-state index in [1.807, 2.05) is 29.1 Å². The molecule has 1 aliphatic heterocycles. The predicted molar refractivity (Wildman–Crippen MR) is 86.4 cm³/mol. The highest BCUT2D eigenvalue weighted by molar-refractivity contribution is 5.38. The van der Waals surface area contributed by atoms with Crippen molar-refractivity contribution in [1.82, 2.24) is 19.7 Å². The number of pyridine rings is 1. The second kappa shape index (κ2) is 5.72. The van der Waals surface area contributed by atoms with Crippen LogP contribution in [-0.2, 0) is 0 Å². The lowest BCUT2D eigenvalue weighted by Gasteiger charge is -2.31. The molecule has 1 aromatic carbocycles. The van der Waals surface area contributed by atoms with E-state index in [1.165, 1.54) is 5.56 Å². The molecule has 3 heterocycles. The molecule has 0 saturated heterocycles. The Kier molecular flexibility index (Phi) is 3.42. The van der Waals surface area contributed by atoms with Crippen LogP contribution in [0.4, 0.5) is 5.95 Å². The van der Waals surface area contributed by atoms with Gasteiger partial charge in [-0.2, -0.15) is 10.1 Å². The van der Waals surface area contributed by atoms with E-state index in [4.69, 9.17) is 4.74 Å². The minimum Gasteiger partial charge on any atom is -0.497 e. The molecule has 6 heteroatoms. The number of aromatic nitrogens is 4. The molecule has 116 valence electrons. The zero-order valence-corrected chi connectivity index (χ0v) is 12.8. The molecular formula is C17H17N5O. The van der Waals surface area contributed by atoms with Crippen LogP contribution in [0.5, 0.6) is 5.75 Å². The second-order valence-corrected chi connectivity index (χ2v) is 5.54. The van der Waals surface area contributed by atoms with Gasteiger partial charge in [0.25, 0.3) is 0 Å². The molecule has 0 fully saturated rings. The molecule has 3 aromatic rings. The molecule has 0 bridgehead atoms. The summed E-state index contributed by atoms with van der Waals surface area (Å²) < 4.78 is 7.19. The van der Waals surface area contributed by atoms with Gasteiger partial charge in [-0.3, -0.25) is 4.98 Å². The Hall–Kier alpha value is -2.89. The smallest absolute Gasteiger partial charge is 0.222 e. The summed E-state index contributed by atoms with van der Waals surface area (Å²) >= 11 is 0. The number of ether oxygens (including phenoxy) is 1. The van der Waals surface area contributed by atoms with Crippen LogP contribution in [0, 0.1) is 0 Å². The van der Waals surface area contributed by atoms with Gasteiger partial charge in [-0.05, 0) is 35.7 Å². The van der Waals surface area contributed by atoms with Crippen LogP contribution in [0.2, 0.25) is 0 Å². The van der Waals surface area contributed by atoms with Crippen LogP contribution >= 0.6 is 0 Å². The molecule has 1 N–H and O–H groups in total. The zero-order valence-electron chi connectivity index (χ0n) is 12.8. The van der Waals surface area contributed by atoms with E-state index in [9.17, 15) is 0 Å². The van der Waals surface area contributed by atoms with Crippen molar-refractivity contribution in [1.29, 1.82) is 0 Å². The van der Waals surface area contributed by atoms with Crippen molar-refractivity contribution in [2.75, 3.05) is 12.4 Å². The lowest BCUT2D eigenvalue weighted by molar-refractivity contribution is 0.411. The van der Waals surface area contributed by atoms with Crippen molar-refractivity contribution in [2.24, 2.45) is 0 Å². The molecule has 0 aliphatic carbocycles. The molecule has 0 unspecified atom stereocenters. The molecule has 0 radical (unpaired) electrons. The highest BCUT2D eigenvalue weighted by Gasteiger charge is 2.29. The van der Waals surface area contributed by atoms with Gasteiger partial charge in [0, 0.05) is 12.4 Å². The van der Waals surface area contributed by atoms with Gasteiger partial charge in [0.2, 0.25) is 5.95 Å². The largest absolute Gasteiger partial charge is 0.497 e. The number of anilines is 1. The summed E-state index contributed by atoms with van der Waals surface area (Å²) in [7, 11) is 1.67. The van der Waals surface area contributed by atoms with Crippen LogP contribution in [-0.4, -0.2) is 26.9 Å². The third-order valence-electron chi connectivity index (χ3n) is 4.22. The SMILES string of the molecule is COc1ccc([C@@H]2C[C@H](c3cccnc3)Nc3ncnn32)cc1. The first-order valence-electron chi connectivity index (χ1n) is 7.55. The van der Waals surface area contributed by atoms with Gasteiger partial charge in [0.1, 0.15) is 12.1 Å². The first-order chi connectivity index (χ1) is 11.3. The van der Waals surface area contributed by atoms with Crippen molar-refractivity contribution < 1.29 is 4.74 Å². The Morgan fingerprint density at radius 1 is 1.17 bits per heavy atom. The monoisotopic (exact) mass is 307 g/mol. The van der Waals surface area contributed by atoms with Gasteiger partial charge < -0.3 is 10.1 Å². The summed E-state index contributed by atoms with van der Waals surface area (Å²) in [4.78, 5) is 8.56. The Bertz CT molecular complexity index is 784. The number of rotatable bonds is 3. The quantitative estimate of drug-likeness (QED) is 0.806. The second-order valence-electron chi connectivity index (χ2n) is 5.54. The molecule has 0 saturated carbocycles. The third kappa shape index (κ3) is 2.52. The summed E-state index contributed by atoms with van der Waals surface area (Å²) in [5, 5.41) is 7.82. The fourth-order valence-corrected chi connectivity index (χ4v) is 3.02. The van der Waals surface area contributed by atoms with Crippen LogP contribution < -0.4 is 10.1 Å². The Balaban J connectivity index is 1.70. The maximum atomic E-state index is 5.25. The molecule has 6 nitrogen and oxygen atoms in total. The van der Waals surface area contributed by atoms with Crippen molar-refractivity contribution >= 4 is 5.95 Å². The number of benzene rings is 1. The fourth-order valence-electron chi connectivity index (χ4n) is 3.02.